The van der Waals surface area contributed by atoms with E-state index < -0.39 is 0 Å². The molecule has 0 aliphatic rings. The molecule has 0 bridgehead atoms. The van der Waals surface area contributed by atoms with Crippen LogP contribution in [0, 0.1) is 19.7 Å². The number of aromatic nitrogens is 3. The van der Waals surface area contributed by atoms with E-state index >= 15 is 0 Å². The summed E-state index contributed by atoms with van der Waals surface area (Å²) in [6, 6.07) is 16.0. The third-order valence-corrected chi connectivity index (χ3v) is 7.04. The van der Waals surface area contributed by atoms with Crippen molar-refractivity contribution in [1.29, 1.82) is 0 Å². The molecular formula is C26H22Cl2FN5O2S. The van der Waals surface area contributed by atoms with Crippen LogP contribution in [0.1, 0.15) is 27.3 Å². The van der Waals surface area contributed by atoms with E-state index in [0.717, 1.165) is 16.8 Å². The molecule has 11 heteroatoms. The fourth-order valence-corrected chi connectivity index (χ4v) is 4.77. The molecule has 1 aromatic heterocycles. The van der Waals surface area contributed by atoms with E-state index in [0.29, 0.717) is 21.7 Å². The van der Waals surface area contributed by atoms with Gasteiger partial charge in [0.2, 0.25) is 5.91 Å². The first kappa shape index (κ1) is 26.7. The van der Waals surface area contributed by atoms with Crippen LogP contribution < -0.4 is 10.6 Å². The molecule has 0 atom stereocenters. The van der Waals surface area contributed by atoms with Gasteiger partial charge in [-0.1, -0.05) is 47.1 Å². The predicted octanol–water partition coefficient (Wildman–Crippen LogP) is 5.99. The third kappa shape index (κ3) is 6.49. The maximum Gasteiger partial charge on any atom is 0.253 e. The summed E-state index contributed by atoms with van der Waals surface area (Å²) in [5.74, 6) is -0.516. The second kappa shape index (κ2) is 11.8. The molecule has 0 saturated carbocycles. The lowest BCUT2D eigenvalue weighted by molar-refractivity contribution is -0.113. The lowest BCUT2D eigenvalue weighted by atomic mass is 10.1. The van der Waals surface area contributed by atoms with E-state index in [2.05, 4.69) is 20.8 Å². The number of rotatable bonds is 8. The van der Waals surface area contributed by atoms with E-state index in [9.17, 15) is 14.0 Å². The zero-order chi connectivity index (χ0) is 26.5. The van der Waals surface area contributed by atoms with Crippen molar-refractivity contribution in [2.75, 3.05) is 11.1 Å². The van der Waals surface area contributed by atoms with Crippen molar-refractivity contribution in [1.82, 2.24) is 20.1 Å². The Bertz CT molecular complexity index is 1460. The number of aryl methyl sites for hydroxylation is 1. The highest BCUT2D eigenvalue weighted by atomic mass is 35.5. The molecule has 7 nitrogen and oxygen atoms in total. The first-order valence-electron chi connectivity index (χ1n) is 11.2. The van der Waals surface area contributed by atoms with Gasteiger partial charge < -0.3 is 10.6 Å². The van der Waals surface area contributed by atoms with E-state index in [4.69, 9.17) is 23.2 Å². The summed E-state index contributed by atoms with van der Waals surface area (Å²) in [6.07, 6.45) is 0. The monoisotopic (exact) mass is 557 g/mol. The number of carbonyl (C=O) groups excluding carboxylic acids is 2. The number of carbonyl (C=O) groups is 2. The molecule has 4 rings (SSSR count). The lowest BCUT2D eigenvalue weighted by Gasteiger charge is -2.15. The van der Waals surface area contributed by atoms with Crippen LogP contribution in [0.2, 0.25) is 10.0 Å². The van der Waals surface area contributed by atoms with Crippen LogP contribution in [0.5, 0.6) is 0 Å². The summed E-state index contributed by atoms with van der Waals surface area (Å²) >= 11 is 13.3. The van der Waals surface area contributed by atoms with Crippen LogP contribution in [0.4, 0.5) is 10.1 Å². The molecule has 0 spiro atoms. The Morgan fingerprint density at radius 2 is 1.78 bits per heavy atom. The van der Waals surface area contributed by atoms with Gasteiger partial charge in [0.1, 0.15) is 5.82 Å². The van der Waals surface area contributed by atoms with Crippen molar-refractivity contribution in [2.24, 2.45) is 0 Å². The molecule has 0 unspecified atom stereocenters. The molecule has 4 aromatic rings. The summed E-state index contributed by atoms with van der Waals surface area (Å²) in [5, 5.41) is 15.3. The minimum absolute atomic E-state index is 0.0487. The largest absolute Gasteiger partial charge is 0.345 e. The molecule has 0 radical (unpaired) electrons. The zero-order valence-electron chi connectivity index (χ0n) is 19.9. The van der Waals surface area contributed by atoms with Crippen LogP contribution >= 0.6 is 35.0 Å². The van der Waals surface area contributed by atoms with E-state index in [1.54, 1.807) is 12.1 Å². The number of thioether (sulfide) groups is 1. The molecule has 1 heterocycles. The first-order chi connectivity index (χ1) is 17.7. The normalized spacial score (nSPS) is 10.8. The Balaban J connectivity index is 1.55. The zero-order valence-corrected chi connectivity index (χ0v) is 22.2. The number of nitrogens with zero attached hydrogens (tertiary/aromatic N) is 3. The lowest BCUT2D eigenvalue weighted by Crippen LogP contribution is -2.25. The Hall–Kier alpha value is -3.40. The quantitative estimate of drug-likeness (QED) is 0.260. The van der Waals surface area contributed by atoms with Crippen LogP contribution in [0.3, 0.4) is 0 Å². The van der Waals surface area contributed by atoms with Crippen LogP contribution in [-0.4, -0.2) is 32.3 Å². The fourth-order valence-electron chi connectivity index (χ4n) is 3.52. The van der Waals surface area contributed by atoms with Gasteiger partial charge in [0, 0.05) is 10.7 Å². The van der Waals surface area contributed by atoms with Crippen molar-refractivity contribution in [2.45, 2.75) is 25.5 Å². The van der Waals surface area contributed by atoms with Gasteiger partial charge in [-0.2, -0.15) is 0 Å². The maximum atomic E-state index is 13.1. The van der Waals surface area contributed by atoms with Gasteiger partial charge in [0.15, 0.2) is 11.0 Å². The highest BCUT2D eigenvalue weighted by Crippen LogP contribution is 2.26. The van der Waals surface area contributed by atoms with Gasteiger partial charge in [-0.25, -0.2) is 4.39 Å². The van der Waals surface area contributed by atoms with Gasteiger partial charge in [-0.05, 0) is 73.5 Å². The number of amides is 2. The number of anilines is 1. The van der Waals surface area contributed by atoms with Crippen molar-refractivity contribution in [3.8, 4) is 5.69 Å². The molecular weight excluding hydrogens is 536 g/mol. The van der Waals surface area contributed by atoms with Gasteiger partial charge >= 0.3 is 0 Å². The molecule has 0 saturated heterocycles. The number of hydrogen-bond donors (Lipinski definition) is 2. The Morgan fingerprint density at radius 1 is 1.03 bits per heavy atom. The Morgan fingerprint density at radius 3 is 2.51 bits per heavy atom. The van der Waals surface area contributed by atoms with Crippen LogP contribution in [-0.2, 0) is 11.3 Å². The third-order valence-electron chi connectivity index (χ3n) is 5.56. The standard InChI is InChI=1S/C26H22Cl2FN5O2S/c1-15-4-3-5-22(16(15)2)34-23(13-30-25(36)20-11-6-17(27)12-21(20)28)32-33-26(34)37-14-24(35)31-19-9-7-18(29)8-10-19/h3-12H,13-14H2,1-2H3,(H,30,36)(H,31,35). The summed E-state index contributed by atoms with van der Waals surface area (Å²) in [7, 11) is 0. The van der Waals surface area contributed by atoms with Crippen molar-refractivity contribution < 1.29 is 14.0 Å². The van der Waals surface area contributed by atoms with Gasteiger partial charge in [-0.15, -0.1) is 10.2 Å². The second-order valence-corrected chi connectivity index (χ2v) is 9.89. The minimum atomic E-state index is -0.384. The molecule has 0 aliphatic carbocycles. The van der Waals surface area contributed by atoms with E-state index in [1.165, 1.54) is 42.1 Å². The Labute approximate surface area is 227 Å². The van der Waals surface area contributed by atoms with Crippen LogP contribution in [0.25, 0.3) is 5.69 Å². The highest BCUT2D eigenvalue weighted by molar-refractivity contribution is 7.99. The maximum absolute atomic E-state index is 13.1. The average Bonchev–Trinajstić information content (AvgIpc) is 3.27. The van der Waals surface area contributed by atoms with Crippen molar-refractivity contribution >= 4 is 52.5 Å². The summed E-state index contributed by atoms with van der Waals surface area (Å²) in [6.45, 7) is 4.05. The molecule has 3 aromatic carbocycles. The molecule has 190 valence electrons. The van der Waals surface area contributed by atoms with Crippen molar-refractivity contribution in [3.05, 3.63) is 99.0 Å². The highest BCUT2D eigenvalue weighted by Gasteiger charge is 2.19. The summed E-state index contributed by atoms with van der Waals surface area (Å²) < 4.78 is 15.0. The van der Waals surface area contributed by atoms with Crippen LogP contribution in [0.15, 0.2) is 65.8 Å². The second-order valence-electron chi connectivity index (χ2n) is 8.10. The van der Waals surface area contributed by atoms with Gasteiger partial charge in [0.05, 0.1) is 28.6 Å². The molecule has 0 fully saturated rings. The summed E-state index contributed by atoms with van der Waals surface area (Å²) in [4.78, 5) is 25.3. The first-order valence-corrected chi connectivity index (χ1v) is 12.9. The smallest absolute Gasteiger partial charge is 0.253 e. The van der Waals surface area contributed by atoms with E-state index in [-0.39, 0.29) is 40.5 Å². The Kier molecular flexibility index (Phi) is 8.48. The van der Waals surface area contributed by atoms with Gasteiger partial charge in [-0.3, -0.25) is 14.2 Å². The number of halogens is 3. The number of nitrogens with one attached hydrogen (secondary N) is 2. The SMILES string of the molecule is Cc1cccc(-n2c(CNC(=O)c3ccc(Cl)cc3Cl)nnc2SCC(=O)Nc2ccc(F)cc2)c1C. The number of benzene rings is 3. The fraction of sp³-hybridized carbons (Fsp3) is 0.154. The predicted molar refractivity (Wildman–Crippen MR) is 144 cm³/mol. The minimum Gasteiger partial charge on any atom is -0.345 e. The number of hydrogen-bond acceptors (Lipinski definition) is 5. The molecule has 0 aliphatic heterocycles. The average molecular weight is 558 g/mol. The molecule has 2 N–H and O–H groups in total. The topological polar surface area (TPSA) is 88.9 Å². The van der Waals surface area contributed by atoms with E-state index in [1.807, 2.05) is 36.6 Å². The van der Waals surface area contributed by atoms with Crippen molar-refractivity contribution in [3.63, 3.8) is 0 Å². The molecule has 2 amide bonds. The summed E-state index contributed by atoms with van der Waals surface area (Å²) in [5.41, 5.74) is 3.69. The van der Waals surface area contributed by atoms with Gasteiger partial charge in [0.25, 0.3) is 5.91 Å². The molecule has 37 heavy (non-hydrogen) atoms.